The van der Waals surface area contributed by atoms with E-state index in [1.807, 2.05) is 5.38 Å². The smallest absolute Gasteiger partial charge is 0.228 e. The summed E-state index contributed by atoms with van der Waals surface area (Å²) in [6, 6.07) is 3.78. The molecule has 0 aliphatic carbocycles. The van der Waals surface area contributed by atoms with E-state index in [2.05, 4.69) is 16.5 Å². The number of fused-ring (bicyclic) bond motifs is 1. The van der Waals surface area contributed by atoms with Crippen molar-refractivity contribution in [2.75, 3.05) is 11.9 Å². The second-order valence-electron chi connectivity index (χ2n) is 5.35. The van der Waals surface area contributed by atoms with Crippen LogP contribution in [0.5, 0.6) is 0 Å². The van der Waals surface area contributed by atoms with Gasteiger partial charge in [0.25, 0.3) is 0 Å². The van der Waals surface area contributed by atoms with Gasteiger partial charge in [-0.3, -0.25) is 14.3 Å². The number of hydrogen-bond acceptors (Lipinski definition) is 5. The fraction of sp³-hybridized carbons (Fsp3) is 0.400. The highest BCUT2D eigenvalue weighted by Gasteiger charge is 2.24. The minimum absolute atomic E-state index is 0.142. The number of hydrogen-bond donors (Lipinski definition) is 2. The summed E-state index contributed by atoms with van der Waals surface area (Å²) in [5, 5.41) is 8.98. The van der Waals surface area contributed by atoms with Crippen molar-refractivity contribution in [2.45, 2.75) is 31.9 Å². The Balaban J connectivity index is 1.55. The monoisotopic (exact) mass is 334 g/mol. The van der Waals surface area contributed by atoms with Gasteiger partial charge in [0.2, 0.25) is 11.8 Å². The summed E-state index contributed by atoms with van der Waals surface area (Å²) in [6.45, 7) is 1.04. The Hall–Kier alpha value is -2.19. The zero-order chi connectivity index (χ0) is 16.2. The predicted molar refractivity (Wildman–Crippen MR) is 86.0 cm³/mol. The number of thiophene rings is 1. The van der Waals surface area contributed by atoms with Gasteiger partial charge in [0.1, 0.15) is 6.10 Å². The van der Waals surface area contributed by atoms with E-state index in [1.165, 1.54) is 5.56 Å². The second kappa shape index (κ2) is 6.93. The van der Waals surface area contributed by atoms with Crippen LogP contribution < -0.4 is 11.1 Å². The predicted octanol–water partition coefficient (Wildman–Crippen LogP) is 1.46. The lowest BCUT2D eigenvalue weighted by atomic mass is 10.1. The molecule has 0 saturated heterocycles. The fourth-order valence-corrected chi connectivity index (χ4v) is 3.52. The first-order valence-corrected chi connectivity index (χ1v) is 8.29. The Morgan fingerprint density at radius 2 is 2.35 bits per heavy atom. The largest absolute Gasteiger partial charge is 0.372 e. The number of nitrogens with two attached hydrogens (primary N) is 1. The van der Waals surface area contributed by atoms with Crippen LogP contribution in [-0.2, 0) is 27.3 Å². The number of primary amides is 1. The number of ether oxygens (including phenoxy) is 1. The van der Waals surface area contributed by atoms with E-state index in [-0.39, 0.29) is 30.8 Å². The van der Waals surface area contributed by atoms with Crippen LogP contribution >= 0.6 is 11.3 Å². The Bertz CT molecular complexity index is 709. The maximum Gasteiger partial charge on any atom is 0.228 e. The number of aryl methyl sites for hydroxylation is 1. The molecule has 7 nitrogen and oxygen atoms in total. The number of nitrogens with one attached hydrogen (secondary N) is 1. The molecule has 0 bridgehead atoms. The third kappa shape index (κ3) is 3.96. The molecule has 122 valence electrons. The number of nitrogens with zero attached hydrogens (tertiary/aromatic N) is 2. The molecular formula is C15H18N4O3S. The summed E-state index contributed by atoms with van der Waals surface area (Å²) in [6.07, 6.45) is 2.90. The molecule has 23 heavy (non-hydrogen) atoms. The Morgan fingerprint density at radius 1 is 1.48 bits per heavy atom. The quantitative estimate of drug-likeness (QED) is 0.835. The van der Waals surface area contributed by atoms with Gasteiger partial charge in [-0.15, -0.1) is 11.3 Å². The average molecular weight is 334 g/mol. The molecule has 8 heteroatoms. The number of carbonyl (C=O) groups excluding carboxylic acids is 2. The summed E-state index contributed by atoms with van der Waals surface area (Å²) in [4.78, 5) is 24.1. The topological polar surface area (TPSA) is 99.2 Å². The molecule has 2 aromatic rings. The van der Waals surface area contributed by atoms with Crippen LogP contribution in [0.25, 0.3) is 0 Å². The maximum atomic E-state index is 12.2. The molecule has 2 amide bonds. The molecule has 0 aromatic carbocycles. The van der Waals surface area contributed by atoms with Crippen molar-refractivity contribution in [2.24, 2.45) is 5.73 Å². The molecule has 2 aromatic heterocycles. The number of amides is 2. The SMILES string of the molecule is NC(=O)CCn1ccc(NC(=O)C[C@@H]2OCCc3ccsc32)n1. The van der Waals surface area contributed by atoms with Crippen LogP contribution in [-0.4, -0.2) is 28.2 Å². The minimum Gasteiger partial charge on any atom is -0.372 e. The van der Waals surface area contributed by atoms with Gasteiger partial charge in [0.05, 0.1) is 13.0 Å². The molecule has 3 N–H and O–H groups in total. The Morgan fingerprint density at radius 3 is 3.17 bits per heavy atom. The maximum absolute atomic E-state index is 12.2. The number of anilines is 1. The highest BCUT2D eigenvalue weighted by Crippen LogP contribution is 2.33. The molecule has 1 aliphatic rings. The van der Waals surface area contributed by atoms with Crippen LogP contribution in [0, 0.1) is 0 Å². The van der Waals surface area contributed by atoms with Gasteiger partial charge < -0.3 is 15.8 Å². The summed E-state index contributed by atoms with van der Waals surface area (Å²) in [7, 11) is 0. The molecule has 0 unspecified atom stereocenters. The first-order valence-electron chi connectivity index (χ1n) is 7.41. The molecular weight excluding hydrogens is 316 g/mol. The lowest BCUT2D eigenvalue weighted by molar-refractivity contribution is -0.119. The lowest BCUT2D eigenvalue weighted by Gasteiger charge is -2.22. The highest BCUT2D eigenvalue weighted by molar-refractivity contribution is 7.10. The Labute approximate surface area is 137 Å². The zero-order valence-corrected chi connectivity index (χ0v) is 13.3. The van der Waals surface area contributed by atoms with Crippen LogP contribution in [0.3, 0.4) is 0 Å². The first-order chi connectivity index (χ1) is 11.1. The minimum atomic E-state index is -0.382. The van der Waals surface area contributed by atoms with Crippen LogP contribution in [0.4, 0.5) is 5.82 Å². The van der Waals surface area contributed by atoms with E-state index < -0.39 is 0 Å². The lowest BCUT2D eigenvalue weighted by Crippen LogP contribution is -2.21. The number of aromatic nitrogens is 2. The van der Waals surface area contributed by atoms with Crippen molar-refractivity contribution in [3.8, 4) is 0 Å². The number of rotatable bonds is 6. The van der Waals surface area contributed by atoms with E-state index in [4.69, 9.17) is 10.5 Å². The van der Waals surface area contributed by atoms with E-state index in [0.717, 1.165) is 11.3 Å². The zero-order valence-electron chi connectivity index (χ0n) is 12.5. The third-order valence-electron chi connectivity index (χ3n) is 3.63. The summed E-state index contributed by atoms with van der Waals surface area (Å²) in [5.74, 6) is -0.0645. The van der Waals surface area contributed by atoms with Crippen molar-refractivity contribution >= 4 is 29.0 Å². The molecule has 3 rings (SSSR count). The van der Waals surface area contributed by atoms with Gasteiger partial charge in [0, 0.05) is 30.1 Å². The fourth-order valence-electron chi connectivity index (χ4n) is 2.51. The second-order valence-corrected chi connectivity index (χ2v) is 6.30. The average Bonchev–Trinajstić information content (AvgIpc) is 3.14. The standard InChI is InChI=1S/C15H18N4O3S/c16-12(20)1-5-19-6-2-13(18-19)17-14(21)9-11-15-10(3-7-22-11)4-8-23-15/h2,4,6,8,11H,1,3,5,7,9H2,(H2,16,20)(H,17,18,21)/t11-/m0/s1. The van der Waals surface area contributed by atoms with E-state index >= 15 is 0 Å². The summed E-state index contributed by atoms with van der Waals surface area (Å²) >= 11 is 1.63. The third-order valence-corrected chi connectivity index (χ3v) is 4.68. The Kier molecular flexibility index (Phi) is 4.73. The van der Waals surface area contributed by atoms with E-state index in [1.54, 1.807) is 28.3 Å². The first kappa shape index (κ1) is 15.7. The molecule has 1 atom stereocenters. The summed E-state index contributed by atoms with van der Waals surface area (Å²) < 4.78 is 7.29. The van der Waals surface area contributed by atoms with E-state index in [0.29, 0.717) is 19.0 Å². The van der Waals surface area contributed by atoms with Gasteiger partial charge in [-0.2, -0.15) is 5.10 Å². The van der Waals surface area contributed by atoms with Crippen LogP contribution in [0.15, 0.2) is 23.7 Å². The van der Waals surface area contributed by atoms with Gasteiger partial charge in [-0.05, 0) is 23.4 Å². The van der Waals surface area contributed by atoms with Gasteiger partial charge in [-0.25, -0.2) is 0 Å². The molecule has 1 aliphatic heterocycles. The van der Waals surface area contributed by atoms with E-state index in [9.17, 15) is 9.59 Å². The molecule has 3 heterocycles. The molecule has 0 saturated carbocycles. The molecule has 0 radical (unpaired) electrons. The van der Waals surface area contributed by atoms with Crippen molar-refractivity contribution < 1.29 is 14.3 Å². The van der Waals surface area contributed by atoms with Crippen molar-refractivity contribution in [3.05, 3.63) is 34.2 Å². The van der Waals surface area contributed by atoms with Gasteiger partial charge in [-0.1, -0.05) is 0 Å². The van der Waals surface area contributed by atoms with Crippen molar-refractivity contribution in [1.82, 2.24) is 9.78 Å². The number of carbonyl (C=O) groups is 2. The van der Waals surface area contributed by atoms with Crippen LogP contribution in [0.2, 0.25) is 0 Å². The summed E-state index contributed by atoms with van der Waals surface area (Å²) in [5.41, 5.74) is 6.37. The van der Waals surface area contributed by atoms with Crippen molar-refractivity contribution in [1.29, 1.82) is 0 Å². The molecule has 0 spiro atoms. The van der Waals surface area contributed by atoms with Gasteiger partial charge in [0.15, 0.2) is 5.82 Å². The molecule has 0 fully saturated rings. The van der Waals surface area contributed by atoms with Crippen molar-refractivity contribution in [3.63, 3.8) is 0 Å². The van der Waals surface area contributed by atoms with Gasteiger partial charge >= 0.3 is 0 Å². The highest BCUT2D eigenvalue weighted by atomic mass is 32.1. The van der Waals surface area contributed by atoms with Crippen LogP contribution in [0.1, 0.15) is 29.4 Å². The normalized spacial score (nSPS) is 16.8.